The Morgan fingerprint density at radius 3 is 2.94 bits per heavy atom. The minimum Gasteiger partial charge on any atom is -0.358 e. The first kappa shape index (κ1) is 11.1. The molecule has 1 saturated carbocycles. The third kappa shape index (κ3) is 2.61. The van der Waals surface area contributed by atoms with Gasteiger partial charge in [-0.1, -0.05) is 0 Å². The summed E-state index contributed by atoms with van der Waals surface area (Å²) >= 11 is 0. The minimum absolute atomic E-state index is 0.0652. The van der Waals surface area contributed by atoms with Gasteiger partial charge in [-0.15, -0.1) is 0 Å². The molecule has 1 aromatic heterocycles. The standard InChI is InChI=1S/C11H18N4O/c1-7(12)6-15(2)9-5-10(16)14-11(13-9)8-3-4-8/h5,7-8H,3-4,6,12H2,1-2H3,(H,13,14,16). The van der Waals surface area contributed by atoms with Crippen LogP contribution in [0.25, 0.3) is 0 Å². The van der Waals surface area contributed by atoms with Crippen LogP contribution in [-0.4, -0.2) is 29.6 Å². The molecule has 0 amide bonds. The van der Waals surface area contributed by atoms with Crippen LogP contribution in [0.2, 0.25) is 0 Å². The molecule has 5 heteroatoms. The highest BCUT2D eigenvalue weighted by Gasteiger charge is 2.26. The predicted octanol–water partition coefficient (Wildman–Crippen LogP) is 0.431. The second-order valence-electron chi connectivity index (χ2n) is 4.62. The van der Waals surface area contributed by atoms with Crippen LogP contribution in [0, 0.1) is 0 Å². The number of anilines is 1. The minimum atomic E-state index is -0.0802. The molecular formula is C11H18N4O. The van der Waals surface area contributed by atoms with Crippen LogP contribution < -0.4 is 16.2 Å². The van der Waals surface area contributed by atoms with Gasteiger partial charge in [0.15, 0.2) is 0 Å². The van der Waals surface area contributed by atoms with Gasteiger partial charge in [0.25, 0.3) is 5.56 Å². The summed E-state index contributed by atoms with van der Waals surface area (Å²) < 4.78 is 0. The molecule has 1 aliphatic carbocycles. The van der Waals surface area contributed by atoms with Crippen molar-refractivity contribution in [1.82, 2.24) is 9.97 Å². The average Bonchev–Trinajstić information content (AvgIpc) is 2.98. The number of aromatic nitrogens is 2. The van der Waals surface area contributed by atoms with Gasteiger partial charge in [0.05, 0.1) is 0 Å². The fraction of sp³-hybridized carbons (Fsp3) is 0.636. The summed E-state index contributed by atoms with van der Waals surface area (Å²) in [4.78, 5) is 20.7. The number of hydrogen-bond acceptors (Lipinski definition) is 4. The Kier molecular flexibility index (Phi) is 2.96. The molecule has 0 aromatic carbocycles. The largest absolute Gasteiger partial charge is 0.358 e. The molecule has 0 radical (unpaired) electrons. The third-order valence-electron chi connectivity index (χ3n) is 2.66. The molecule has 3 N–H and O–H groups in total. The van der Waals surface area contributed by atoms with Crippen LogP contribution in [0.15, 0.2) is 10.9 Å². The van der Waals surface area contributed by atoms with Crippen molar-refractivity contribution < 1.29 is 0 Å². The third-order valence-corrected chi connectivity index (χ3v) is 2.66. The molecule has 1 atom stereocenters. The van der Waals surface area contributed by atoms with E-state index in [-0.39, 0.29) is 11.6 Å². The van der Waals surface area contributed by atoms with Crippen molar-refractivity contribution in [3.8, 4) is 0 Å². The lowest BCUT2D eigenvalue weighted by molar-refractivity contribution is 0.707. The zero-order chi connectivity index (χ0) is 11.7. The van der Waals surface area contributed by atoms with Gasteiger partial charge in [0.2, 0.25) is 0 Å². The first-order valence-electron chi connectivity index (χ1n) is 5.64. The fourth-order valence-electron chi connectivity index (χ4n) is 1.73. The quantitative estimate of drug-likeness (QED) is 0.774. The number of nitrogens with one attached hydrogen (secondary N) is 1. The van der Waals surface area contributed by atoms with E-state index >= 15 is 0 Å². The van der Waals surface area contributed by atoms with E-state index in [1.165, 1.54) is 6.07 Å². The topological polar surface area (TPSA) is 75.0 Å². The maximum atomic E-state index is 11.5. The van der Waals surface area contributed by atoms with Crippen molar-refractivity contribution in [3.63, 3.8) is 0 Å². The summed E-state index contributed by atoms with van der Waals surface area (Å²) in [5.41, 5.74) is 5.64. The number of nitrogens with two attached hydrogens (primary N) is 1. The van der Waals surface area contributed by atoms with Gasteiger partial charge in [-0.2, -0.15) is 0 Å². The van der Waals surface area contributed by atoms with Crippen LogP contribution in [-0.2, 0) is 0 Å². The van der Waals surface area contributed by atoms with E-state index in [1.54, 1.807) is 0 Å². The highest BCUT2D eigenvalue weighted by molar-refractivity contribution is 5.37. The Labute approximate surface area is 94.7 Å². The molecule has 0 aliphatic heterocycles. The normalized spacial score (nSPS) is 17.2. The van der Waals surface area contributed by atoms with Crippen molar-refractivity contribution >= 4 is 5.82 Å². The van der Waals surface area contributed by atoms with Crippen LogP contribution in [0.1, 0.15) is 31.5 Å². The molecular weight excluding hydrogens is 204 g/mol. The molecule has 5 nitrogen and oxygen atoms in total. The SMILES string of the molecule is CC(N)CN(C)c1cc(=O)[nH]c(C2CC2)n1. The van der Waals surface area contributed by atoms with E-state index < -0.39 is 0 Å². The van der Waals surface area contributed by atoms with Crippen LogP contribution in [0.5, 0.6) is 0 Å². The maximum absolute atomic E-state index is 11.5. The number of H-pyrrole nitrogens is 1. The monoisotopic (exact) mass is 222 g/mol. The highest BCUT2D eigenvalue weighted by Crippen LogP contribution is 2.37. The second kappa shape index (κ2) is 4.25. The summed E-state index contributed by atoms with van der Waals surface area (Å²) in [6, 6.07) is 1.59. The molecule has 1 fully saturated rings. The Bertz CT molecular complexity index is 422. The van der Waals surface area contributed by atoms with Crippen molar-refractivity contribution in [2.24, 2.45) is 5.73 Å². The summed E-state index contributed by atoms with van der Waals surface area (Å²) in [5.74, 6) is 1.98. The smallest absolute Gasteiger partial charge is 0.252 e. The number of rotatable bonds is 4. The van der Waals surface area contributed by atoms with E-state index in [0.29, 0.717) is 18.3 Å². The Morgan fingerprint density at radius 2 is 2.38 bits per heavy atom. The number of likely N-dealkylation sites (N-methyl/N-ethyl adjacent to an activating group) is 1. The molecule has 88 valence electrons. The Hall–Kier alpha value is -1.36. The lowest BCUT2D eigenvalue weighted by Crippen LogP contribution is -2.34. The lowest BCUT2D eigenvalue weighted by atomic mass is 10.3. The van der Waals surface area contributed by atoms with Crippen LogP contribution in [0.3, 0.4) is 0 Å². The van der Waals surface area contributed by atoms with Crippen molar-refractivity contribution in [3.05, 3.63) is 22.2 Å². The van der Waals surface area contributed by atoms with E-state index in [9.17, 15) is 4.79 Å². The van der Waals surface area contributed by atoms with E-state index in [0.717, 1.165) is 18.7 Å². The molecule has 16 heavy (non-hydrogen) atoms. The van der Waals surface area contributed by atoms with Gasteiger partial charge >= 0.3 is 0 Å². The molecule has 1 aromatic rings. The van der Waals surface area contributed by atoms with Crippen molar-refractivity contribution in [2.75, 3.05) is 18.5 Å². The van der Waals surface area contributed by atoms with E-state index in [4.69, 9.17) is 5.73 Å². The van der Waals surface area contributed by atoms with Crippen LogP contribution in [0.4, 0.5) is 5.82 Å². The first-order chi connectivity index (χ1) is 7.56. The average molecular weight is 222 g/mol. The van der Waals surface area contributed by atoms with Gasteiger partial charge in [-0.3, -0.25) is 4.79 Å². The fourth-order valence-corrected chi connectivity index (χ4v) is 1.73. The molecule has 1 aliphatic rings. The second-order valence-corrected chi connectivity index (χ2v) is 4.62. The molecule has 0 spiro atoms. The van der Waals surface area contributed by atoms with Crippen molar-refractivity contribution in [1.29, 1.82) is 0 Å². The number of hydrogen-bond donors (Lipinski definition) is 2. The van der Waals surface area contributed by atoms with Gasteiger partial charge in [-0.25, -0.2) is 4.98 Å². The molecule has 1 unspecified atom stereocenters. The molecule has 1 heterocycles. The van der Waals surface area contributed by atoms with Crippen molar-refractivity contribution in [2.45, 2.75) is 31.7 Å². The summed E-state index contributed by atoms with van der Waals surface area (Å²) in [6.07, 6.45) is 2.26. The van der Waals surface area contributed by atoms with Gasteiger partial charge < -0.3 is 15.6 Å². The molecule has 0 saturated heterocycles. The van der Waals surface area contributed by atoms with Gasteiger partial charge in [-0.05, 0) is 19.8 Å². The Morgan fingerprint density at radius 1 is 1.69 bits per heavy atom. The number of nitrogens with zero attached hydrogens (tertiary/aromatic N) is 2. The van der Waals surface area contributed by atoms with Gasteiger partial charge in [0.1, 0.15) is 11.6 Å². The predicted molar refractivity (Wildman–Crippen MR) is 63.8 cm³/mol. The van der Waals surface area contributed by atoms with Crippen LogP contribution >= 0.6 is 0 Å². The van der Waals surface area contributed by atoms with Gasteiger partial charge in [0, 0.05) is 31.6 Å². The maximum Gasteiger partial charge on any atom is 0.252 e. The molecule has 0 bridgehead atoms. The molecule has 2 rings (SSSR count). The summed E-state index contributed by atoms with van der Waals surface area (Å²) in [7, 11) is 1.90. The summed E-state index contributed by atoms with van der Waals surface area (Å²) in [6.45, 7) is 2.63. The van der Waals surface area contributed by atoms with E-state index in [1.807, 2.05) is 18.9 Å². The lowest BCUT2D eigenvalue weighted by Gasteiger charge is -2.20. The zero-order valence-corrected chi connectivity index (χ0v) is 9.73. The number of aromatic amines is 1. The van der Waals surface area contributed by atoms with E-state index in [2.05, 4.69) is 9.97 Å². The zero-order valence-electron chi connectivity index (χ0n) is 9.73. The highest BCUT2D eigenvalue weighted by atomic mass is 16.1. The summed E-state index contributed by atoms with van der Waals surface area (Å²) in [5, 5.41) is 0. The first-order valence-corrected chi connectivity index (χ1v) is 5.64. The Balaban J connectivity index is 2.22.